The summed E-state index contributed by atoms with van der Waals surface area (Å²) >= 11 is 5.86. The predicted octanol–water partition coefficient (Wildman–Crippen LogP) is 3.40. The molecule has 1 saturated carbocycles. The average Bonchev–Trinajstić information content (AvgIpc) is 2.76. The van der Waals surface area contributed by atoms with Gasteiger partial charge in [-0.2, -0.15) is 0 Å². The second-order valence-electron chi connectivity index (χ2n) is 6.28. The van der Waals surface area contributed by atoms with E-state index < -0.39 is 17.2 Å². The number of halogens is 2. The summed E-state index contributed by atoms with van der Waals surface area (Å²) in [4.78, 5) is 15.1. The standard InChI is InChI=1S/C16H16ClFN2O2/c17-10-7-12-9(6-11(10)18)8-2-5-19-14(13(8)20-12)16(15(21)22)3-1-4-16/h6-7,14,19-20H,1-5H2,(H,21,22). The number of nitrogens with one attached hydrogen (secondary N) is 2. The zero-order chi connectivity index (χ0) is 15.5. The monoisotopic (exact) mass is 322 g/mol. The van der Waals surface area contributed by atoms with Crippen LogP contribution in [0.25, 0.3) is 10.9 Å². The number of hydrogen-bond donors (Lipinski definition) is 3. The summed E-state index contributed by atoms with van der Waals surface area (Å²) in [5.41, 5.74) is 1.91. The molecule has 4 rings (SSSR count). The van der Waals surface area contributed by atoms with Crippen molar-refractivity contribution in [3.8, 4) is 0 Å². The van der Waals surface area contributed by atoms with Crippen LogP contribution in [-0.4, -0.2) is 22.6 Å². The molecule has 1 aromatic heterocycles. The highest BCUT2D eigenvalue weighted by Crippen LogP contribution is 2.52. The van der Waals surface area contributed by atoms with Crippen LogP contribution in [0, 0.1) is 11.2 Å². The average molecular weight is 323 g/mol. The number of hydrogen-bond acceptors (Lipinski definition) is 2. The maximum Gasteiger partial charge on any atom is 0.311 e. The Hall–Kier alpha value is -1.59. The summed E-state index contributed by atoms with van der Waals surface area (Å²) in [6, 6.07) is 2.77. The zero-order valence-electron chi connectivity index (χ0n) is 11.9. The summed E-state index contributed by atoms with van der Waals surface area (Å²) in [5.74, 6) is -1.20. The molecule has 0 saturated heterocycles. The molecule has 1 fully saturated rings. The van der Waals surface area contributed by atoms with E-state index in [4.69, 9.17) is 11.6 Å². The van der Waals surface area contributed by atoms with E-state index in [0.29, 0.717) is 19.4 Å². The van der Waals surface area contributed by atoms with E-state index in [-0.39, 0.29) is 11.1 Å². The van der Waals surface area contributed by atoms with Crippen molar-refractivity contribution < 1.29 is 14.3 Å². The third-order valence-corrected chi connectivity index (χ3v) is 5.51. The molecular weight excluding hydrogens is 307 g/mol. The fraction of sp³-hybridized carbons (Fsp3) is 0.438. The molecule has 4 nitrogen and oxygen atoms in total. The summed E-state index contributed by atoms with van der Waals surface area (Å²) in [6.45, 7) is 0.698. The van der Waals surface area contributed by atoms with Gasteiger partial charge in [-0.25, -0.2) is 4.39 Å². The lowest BCUT2D eigenvalue weighted by Crippen LogP contribution is -2.50. The smallest absolute Gasteiger partial charge is 0.311 e. The van der Waals surface area contributed by atoms with Gasteiger partial charge in [-0.3, -0.25) is 4.79 Å². The van der Waals surface area contributed by atoms with E-state index in [2.05, 4.69) is 10.3 Å². The highest BCUT2D eigenvalue weighted by Gasteiger charge is 2.52. The molecule has 3 N–H and O–H groups in total. The van der Waals surface area contributed by atoms with Crippen molar-refractivity contribution in [2.24, 2.45) is 5.41 Å². The van der Waals surface area contributed by atoms with Gasteiger partial charge in [0.1, 0.15) is 5.82 Å². The van der Waals surface area contributed by atoms with Gasteiger partial charge in [-0.15, -0.1) is 0 Å². The molecule has 1 aromatic carbocycles. The fourth-order valence-corrected chi connectivity index (χ4v) is 4.04. The van der Waals surface area contributed by atoms with Crippen molar-refractivity contribution in [2.75, 3.05) is 6.54 Å². The number of H-pyrrole nitrogens is 1. The van der Waals surface area contributed by atoms with Gasteiger partial charge in [0, 0.05) is 16.6 Å². The number of aromatic nitrogens is 1. The Morgan fingerprint density at radius 1 is 1.41 bits per heavy atom. The van der Waals surface area contributed by atoms with Crippen molar-refractivity contribution in [3.63, 3.8) is 0 Å². The van der Waals surface area contributed by atoms with Gasteiger partial charge in [0.2, 0.25) is 0 Å². The number of rotatable bonds is 2. The van der Waals surface area contributed by atoms with Gasteiger partial charge in [0.05, 0.1) is 16.5 Å². The minimum atomic E-state index is -0.757. The van der Waals surface area contributed by atoms with Crippen LogP contribution in [0.1, 0.15) is 36.6 Å². The Morgan fingerprint density at radius 2 is 2.18 bits per heavy atom. The van der Waals surface area contributed by atoms with Gasteiger partial charge in [-0.1, -0.05) is 18.0 Å². The zero-order valence-corrected chi connectivity index (χ0v) is 12.6. The van der Waals surface area contributed by atoms with Gasteiger partial charge in [-0.05, 0) is 43.5 Å². The van der Waals surface area contributed by atoms with Crippen molar-refractivity contribution >= 4 is 28.5 Å². The quantitative estimate of drug-likeness (QED) is 0.794. The van der Waals surface area contributed by atoms with Gasteiger partial charge >= 0.3 is 5.97 Å². The number of aromatic amines is 1. The number of fused-ring (bicyclic) bond motifs is 3. The molecule has 0 bridgehead atoms. The van der Waals surface area contributed by atoms with Crippen molar-refractivity contribution in [1.82, 2.24) is 10.3 Å². The predicted molar refractivity (Wildman–Crippen MR) is 81.6 cm³/mol. The van der Waals surface area contributed by atoms with Crippen molar-refractivity contribution in [3.05, 3.63) is 34.2 Å². The van der Waals surface area contributed by atoms with Crippen LogP contribution in [0.3, 0.4) is 0 Å². The number of benzene rings is 1. The van der Waals surface area contributed by atoms with E-state index in [1.165, 1.54) is 6.07 Å². The lowest BCUT2D eigenvalue weighted by atomic mass is 9.62. The van der Waals surface area contributed by atoms with Crippen LogP contribution in [-0.2, 0) is 11.2 Å². The van der Waals surface area contributed by atoms with Crippen LogP contribution >= 0.6 is 11.6 Å². The molecule has 22 heavy (non-hydrogen) atoms. The van der Waals surface area contributed by atoms with E-state index in [0.717, 1.165) is 35.0 Å². The van der Waals surface area contributed by atoms with E-state index >= 15 is 0 Å². The second-order valence-corrected chi connectivity index (χ2v) is 6.69. The van der Waals surface area contributed by atoms with Crippen molar-refractivity contribution in [1.29, 1.82) is 0 Å². The molecule has 0 radical (unpaired) electrons. The highest BCUT2D eigenvalue weighted by atomic mass is 35.5. The summed E-state index contributed by atoms with van der Waals surface area (Å²) < 4.78 is 13.8. The Bertz CT molecular complexity index is 782. The van der Waals surface area contributed by atoms with Gasteiger partial charge < -0.3 is 15.4 Å². The van der Waals surface area contributed by atoms with E-state index in [1.807, 2.05) is 0 Å². The Balaban J connectivity index is 1.90. The molecule has 1 aliphatic heterocycles. The first kappa shape index (κ1) is 14.0. The molecule has 2 heterocycles. The minimum Gasteiger partial charge on any atom is -0.481 e. The van der Waals surface area contributed by atoms with Crippen LogP contribution in [0.5, 0.6) is 0 Å². The molecule has 2 aliphatic rings. The Morgan fingerprint density at radius 3 is 2.82 bits per heavy atom. The minimum absolute atomic E-state index is 0.0761. The molecule has 1 atom stereocenters. The maximum absolute atomic E-state index is 13.8. The normalized spacial score (nSPS) is 23.1. The first-order valence-electron chi connectivity index (χ1n) is 7.49. The molecule has 1 aliphatic carbocycles. The topological polar surface area (TPSA) is 65.1 Å². The largest absolute Gasteiger partial charge is 0.481 e. The van der Waals surface area contributed by atoms with Gasteiger partial charge in [0.25, 0.3) is 0 Å². The first-order valence-corrected chi connectivity index (χ1v) is 7.87. The number of carboxylic acids is 1. The number of aliphatic carboxylic acids is 1. The van der Waals surface area contributed by atoms with E-state index in [1.54, 1.807) is 6.07 Å². The molecular formula is C16H16ClFN2O2. The summed E-state index contributed by atoms with van der Waals surface area (Å²) in [6.07, 6.45) is 3.02. The molecule has 0 amide bonds. The second kappa shape index (κ2) is 4.70. The number of carbonyl (C=O) groups is 1. The lowest BCUT2D eigenvalue weighted by Gasteiger charge is -2.45. The van der Waals surface area contributed by atoms with Crippen LogP contribution in [0.15, 0.2) is 12.1 Å². The Labute approximate surface area is 131 Å². The lowest BCUT2D eigenvalue weighted by molar-refractivity contribution is -0.158. The molecule has 1 unspecified atom stereocenters. The van der Waals surface area contributed by atoms with Gasteiger partial charge in [0.15, 0.2) is 0 Å². The maximum atomic E-state index is 13.8. The first-order chi connectivity index (χ1) is 10.5. The third-order valence-electron chi connectivity index (χ3n) is 5.22. The van der Waals surface area contributed by atoms with Crippen LogP contribution in [0.4, 0.5) is 4.39 Å². The molecule has 0 spiro atoms. The third kappa shape index (κ3) is 1.75. The fourth-order valence-electron chi connectivity index (χ4n) is 3.88. The van der Waals surface area contributed by atoms with Crippen LogP contribution in [0.2, 0.25) is 5.02 Å². The summed E-state index contributed by atoms with van der Waals surface area (Å²) in [7, 11) is 0. The van der Waals surface area contributed by atoms with Crippen LogP contribution < -0.4 is 5.32 Å². The van der Waals surface area contributed by atoms with E-state index in [9.17, 15) is 14.3 Å². The highest BCUT2D eigenvalue weighted by molar-refractivity contribution is 6.31. The summed E-state index contributed by atoms with van der Waals surface area (Å²) in [5, 5.41) is 13.9. The molecule has 116 valence electrons. The SMILES string of the molecule is O=C(O)C1(C2NCCc3c2[nH]c2cc(Cl)c(F)cc32)CCC1. The number of carboxylic acid groups (broad SMARTS) is 1. The molecule has 2 aromatic rings. The Kier molecular flexibility index (Phi) is 3.00. The molecule has 6 heteroatoms. The van der Waals surface area contributed by atoms with Crippen molar-refractivity contribution in [2.45, 2.75) is 31.7 Å².